The lowest BCUT2D eigenvalue weighted by Gasteiger charge is -2.10. The maximum absolute atomic E-state index is 4.95. The second-order valence-corrected chi connectivity index (χ2v) is 9.46. The molecule has 0 aliphatic carbocycles. The molecule has 0 N–H and O–H groups in total. The summed E-state index contributed by atoms with van der Waals surface area (Å²) in [7, 11) is 0. The lowest BCUT2D eigenvalue weighted by atomic mass is 10.1. The van der Waals surface area contributed by atoms with Gasteiger partial charge in [0.1, 0.15) is 0 Å². The van der Waals surface area contributed by atoms with Crippen molar-refractivity contribution < 1.29 is 0 Å². The molecule has 0 aliphatic heterocycles. The second-order valence-electron chi connectivity index (χ2n) is 9.46. The molecule has 0 fully saturated rings. The van der Waals surface area contributed by atoms with Crippen LogP contribution in [0.3, 0.4) is 0 Å². The van der Waals surface area contributed by atoms with Gasteiger partial charge in [-0.3, -0.25) is 0 Å². The zero-order valence-corrected chi connectivity index (χ0v) is 20.9. The van der Waals surface area contributed by atoms with E-state index < -0.39 is 0 Å². The number of rotatable bonds is 4. The summed E-state index contributed by atoms with van der Waals surface area (Å²) >= 11 is 0. The Kier molecular flexibility index (Phi) is 5.30. The first-order valence-corrected chi connectivity index (χ1v) is 12.7. The first kappa shape index (κ1) is 22.1. The number of para-hydroxylation sites is 2. The summed E-state index contributed by atoms with van der Waals surface area (Å²) in [5, 5.41) is 2.37. The number of hydrogen-bond acceptors (Lipinski definition) is 3. The molecule has 0 saturated heterocycles. The molecule has 38 heavy (non-hydrogen) atoms. The number of benzene rings is 5. The van der Waals surface area contributed by atoms with Crippen molar-refractivity contribution in [3.05, 3.63) is 133 Å². The van der Waals surface area contributed by atoms with Gasteiger partial charge >= 0.3 is 0 Å². The Morgan fingerprint density at radius 1 is 0.447 bits per heavy atom. The standard InChI is InChI=1S/C34H24N4/c1-23-16-18-25(19-17-23)33-35-32(24-10-4-2-5-11-24)36-34(37-33)26-20-21-31-29(22-26)28-14-8-9-15-30(28)38(31)27-12-6-3-7-13-27/h2-22H,1H3. The first-order valence-electron chi connectivity index (χ1n) is 12.7. The van der Waals surface area contributed by atoms with Crippen LogP contribution in [0.25, 0.3) is 61.7 Å². The van der Waals surface area contributed by atoms with Gasteiger partial charge in [0.15, 0.2) is 17.5 Å². The van der Waals surface area contributed by atoms with Crippen LogP contribution in [0.1, 0.15) is 5.56 Å². The Labute approximate surface area is 220 Å². The summed E-state index contributed by atoms with van der Waals surface area (Å²) in [5.74, 6) is 1.99. The van der Waals surface area contributed by atoms with Gasteiger partial charge in [0, 0.05) is 33.2 Å². The van der Waals surface area contributed by atoms with Crippen LogP contribution in [0.5, 0.6) is 0 Å². The maximum atomic E-state index is 4.95. The Morgan fingerprint density at radius 3 is 1.68 bits per heavy atom. The molecule has 0 spiro atoms. The first-order chi connectivity index (χ1) is 18.7. The molecule has 7 rings (SSSR count). The molecule has 180 valence electrons. The fourth-order valence-electron chi connectivity index (χ4n) is 5.02. The molecule has 7 aromatic rings. The normalized spacial score (nSPS) is 11.3. The molecule has 0 atom stereocenters. The highest BCUT2D eigenvalue weighted by molar-refractivity contribution is 6.10. The number of hydrogen-bond donors (Lipinski definition) is 0. The largest absolute Gasteiger partial charge is 0.309 e. The molecule has 5 aromatic carbocycles. The fraction of sp³-hybridized carbons (Fsp3) is 0.0294. The average molecular weight is 489 g/mol. The predicted molar refractivity (Wildman–Crippen MR) is 155 cm³/mol. The van der Waals surface area contributed by atoms with Crippen molar-refractivity contribution in [2.45, 2.75) is 6.92 Å². The molecule has 0 amide bonds. The quantitative estimate of drug-likeness (QED) is 0.250. The topological polar surface area (TPSA) is 43.6 Å². The average Bonchev–Trinajstić information content (AvgIpc) is 3.32. The van der Waals surface area contributed by atoms with Crippen LogP contribution in [0.4, 0.5) is 0 Å². The summed E-state index contributed by atoms with van der Waals surface area (Å²) < 4.78 is 2.31. The van der Waals surface area contributed by atoms with Crippen LogP contribution in [-0.2, 0) is 0 Å². The minimum atomic E-state index is 0.660. The zero-order chi connectivity index (χ0) is 25.5. The van der Waals surface area contributed by atoms with Gasteiger partial charge in [0.2, 0.25) is 0 Å². The minimum Gasteiger partial charge on any atom is -0.309 e. The van der Waals surface area contributed by atoms with E-state index in [0.29, 0.717) is 17.5 Å². The van der Waals surface area contributed by atoms with E-state index in [1.54, 1.807) is 0 Å². The molecular formula is C34H24N4. The van der Waals surface area contributed by atoms with Gasteiger partial charge in [0.25, 0.3) is 0 Å². The monoisotopic (exact) mass is 488 g/mol. The molecule has 0 bridgehead atoms. The Hall–Kier alpha value is -5.09. The molecule has 4 nitrogen and oxygen atoms in total. The van der Waals surface area contributed by atoms with Gasteiger partial charge < -0.3 is 4.57 Å². The summed E-state index contributed by atoms with van der Waals surface area (Å²) in [5.41, 5.74) is 7.56. The molecule has 0 radical (unpaired) electrons. The van der Waals surface area contributed by atoms with E-state index in [4.69, 9.17) is 15.0 Å². The third-order valence-corrected chi connectivity index (χ3v) is 6.92. The second kappa shape index (κ2) is 9.09. The van der Waals surface area contributed by atoms with Gasteiger partial charge in [-0.15, -0.1) is 0 Å². The predicted octanol–water partition coefficient (Wildman–Crippen LogP) is 8.28. The van der Waals surface area contributed by atoms with Crippen molar-refractivity contribution in [1.82, 2.24) is 19.5 Å². The zero-order valence-electron chi connectivity index (χ0n) is 20.9. The maximum Gasteiger partial charge on any atom is 0.164 e. The van der Waals surface area contributed by atoms with Crippen molar-refractivity contribution in [2.24, 2.45) is 0 Å². The van der Waals surface area contributed by atoms with E-state index >= 15 is 0 Å². The van der Waals surface area contributed by atoms with Crippen LogP contribution in [0.2, 0.25) is 0 Å². The SMILES string of the molecule is Cc1ccc(-c2nc(-c3ccccc3)nc(-c3ccc4c(c3)c3ccccc3n4-c3ccccc3)n2)cc1. The third kappa shape index (κ3) is 3.84. The Morgan fingerprint density at radius 2 is 0.974 bits per heavy atom. The third-order valence-electron chi connectivity index (χ3n) is 6.92. The van der Waals surface area contributed by atoms with Gasteiger partial charge in [-0.2, -0.15) is 0 Å². The van der Waals surface area contributed by atoms with Gasteiger partial charge in [-0.1, -0.05) is 96.6 Å². The van der Waals surface area contributed by atoms with Crippen LogP contribution in [0, 0.1) is 6.92 Å². The van der Waals surface area contributed by atoms with Crippen LogP contribution < -0.4 is 0 Å². The number of nitrogens with zero attached hydrogens (tertiary/aromatic N) is 4. The molecule has 2 heterocycles. The van der Waals surface area contributed by atoms with E-state index in [1.165, 1.54) is 21.9 Å². The highest BCUT2D eigenvalue weighted by atomic mass is 15.0. The van der Waals surface area contributed by atoms with E-state index in [-0.39, 0.29) is 0 Å². The molecule has 0 aliphatic rings. The smallest absolute Gasteiger partial charge is 0.164 e. The van der Waals surface area contributed by atoms with Crippen molar-refractivity contribution >= 4 is 21.8 Å². The van der Waals surface area contributed by atoms with Gasteiger partial charge in [0.05, 0.1) is 11.0 Å². The summed E-state index contributed by atoms with van der Waals surface area (Å²) in [6, 6.07) is 43.9. The molecule has 0 unspecified atom stereocenters. The molecular weight excluding hydrogens is 464 g/mol. The Balaban J connectivity index is 1.46. The van der Waals surface area contributed by atoms with Crippen molar-refractivity contribution in [2.75, 3.05) is 0 Å². The van der Waals surface area contributed by atoms with Crippen LogP contribution >= 0.6 is 0 Å². The van der Waals surface area contributed by atoms with Gasteiger partial charge in [-0.05, 0) is 43.3 Å². The van der Waals surface area contributed by atoms with E-state index in [9.17, 15) is 0 Å². The van der Waals surface area contributed by atoms with E-state index in [0.717, 1.165) is 27.9 Å². The highest BCUT2D eigenvalue weighted by Gasteiger charge is 2.16. The number of aryl methyl sites for hydroxylation is 1. The molecule has 4 heteroatoms. The van der Waals surface area contributed by atoms with Crippen molar-refractivity contribution in [3.8, 4) is 39.9 Å². The lowest BCUT2D eigenvalue weighted by Crippen LogP contribution is -2.00. The lowest BCUT2D eigenvalue weighted by molar-refractivity contribution is 1.07. The molecule has 2 aromatic heterocycles. The van der Waals surface area contributed by atoms with Crippen molar-refractivity contribution in [1.29, 1.82) is 0 Å². The number of fused-ring (bicyclic) bond motifs is 3. The number of aromatic nitrogens is 4. The molecule has 0 saturated carbocycles. The minimum absolute atomic E-state index is 0.660. The van der Waals surface area contributed by atoms with E-state index in [2.05, 4.69) is 102 Å². The van der Waals surface area contributed by atoms with Gasteiger partial charge in [-0.25, -0.2) is 15.0 Å². The van der Waals surface area contributed by atoms with E-state index in [1.807, 2.05) is 36.4 Å². The highest BCUT2D eigenvalue weighted by Crippen LogP contribution is 2.35. The summed E-state index contributed by atoms with van der Waals surface area (Å²) in [6.45, 7) is 2.08. The summed E-state index contributed by atoms with van der Waals surface area (Å²) in [6.07, 6.45) is 0. The fourth-order valence-corrected chi connectivity index (χ4v) is 5.02. The van der Waals surface area contributed by atoms with Crippen molar-refractivity contribution in [3.63, 3.8) is 0 Å². The Bertz CT molecular complexity index is 1900. The van der Waals surface area contributed by atoms with Crippen LogP contribution in [0.15, 0.2) is 127 Å². The van der Waals surface area contributed by atoms with Crippen LogP contribution in [-0.4, -0.2) is 19.5 Å². The summed E-state index contributed by atoms with van der Waals surface area (Å²) in [4.78, 5) is 14.8.